The number of nitrogens with zero attached hydrogens (tertiary/aromatic N) is 5. The third-order valence-electron chi connectivity index (χ3n) is 5.16. The van der Waals surface area contributed by atoms with Gasteiger partial charge in [0.05, 0.1) is 12.6 Å². The van der Waals surface area contributed by atoms with Gasteiger partial charge in [0.2, 0.25) is 0 Å². The molecule has 0 spiro atoms. The Bertz CT molecular complexity index is 568. The maximum atomic E-state index is 4.53. The van der Waals surface area contributed by atoms with E-state index in [0.29, 0.717) is 36.0 Å². The third kappa shape index (κ3) is 1.20. The maximum Gasteiger partial charge on any atom is 0.100 e. The van der Waals surface area contributed by atoms with E-state index >= 15 is 0 Å². The van der Waals surface area contributed by atoms with E-state index in [2.05, 4.69) is 55.9 Å². The van der Waals surface area contributed by atoms with Gasteiger partial charge in [0.25, 0.3) is 0 Å². The van der Waals surface area contributed by atoms with Crippen LogP contribution in [0.2, 0.25) is 0 Å². The lowest BCUT2D eigenvalue weighted by Gasteiger charge is -2.38. The summed E-state index contributed by atoms with van der Waals surface area (Å²) in [4.78, 5) is 0. The maximum absolute atomic E-state index is 4.53. The van der Waals surface area contributed by atoms with Gasteiger partial charge < -0.3 is 0 Å². The molecule has 0 unspecified atom stereocenters. The van der Waals surface area contributed by atoms with Crippen LogP contribution < -0.4 is 0 Å². The fourth-order valence-electron chi connectivity index (χ4n) is 4.33. The number of hydrogen-bond acceptors (Lipinski definition) is 5. The van der Waals surface area contributed by atoms with Gasteiger partial charge in [0, 0.05) is 11.8 Å². The second kappa shape index (κ2) is 3.40. The number of hydrogen-bond donors (Lipinski definition) is 0. The zero-order valence-corrected chi connectivity index (χ0v) is 10.5. The molecule has 0 N–H and O–H groups in total. The molecule has 0 aromatic heterocycles. The van der Waals surface area contributed by atoms with Gasteiger partial charge >= 0.3 is 0 Å². The third-order valence-corrected chi connectivity index (χ3v) is 5.16. The molecule has 1 aromatic carbocycles. The summed E-state index contributed by atoms with van der Waals surface area (Å²) in [6, 6.07) is 12.3. The highest BCUT2D eigenvalue weighted by Gasteiger charge is 2.65. The Labute approximate surface area is 111 Å². The highest BCUT2D eigenvalue weighted by molar-refractivity contribution is 5.21. The van der Waals surface area contributed by atoms with Gasteiger partial charge in [-0.15, -0.1) is 0 Å². The van der Waals surface area contributed by atoms with Gasteiger partial charge in [-0.3, -0.25) is 5.01 Å². The first-order valence-corrected chi connectivity index (χ1v) is 7.03. The summed E-state index contributed by atoms with van der Waals surface area (Å²) in [6.45, 7) is 0.864. The average Bonchev–Trinajstić information content (AvgIpc) is 3.00. The Balaban J connectivity index is 1.42. The summed E-state index contributed by atoms with van der Waals surface area (Å²) in [5.41, 5.74) is 1.30. The van der Waals surface area contributed by atoms with Crippen LogP contribution in [0.5, 0.6) is 0 Å². The molecular formula is C14H15N5. The number of azo groups is 1. The van der Waals surface area contributed by atoms with Crippen molar-refractivity contribution in [2.24, 2.45) is 32.4 Å². The standard InChI is InChI=1S/C14H15N5/c1-2-4-8(5-3-1)7-19-14-10-6-9(13(14)17-18-19)11-12(10)16-15-11/h1-5,9-14H,6-7H2/t9-,10+,11+,12-,13-,14+/m0/s1. The SMILES string of the molecule is c1ccc(CN2N=N[C@H]3[C@H]4C[C@H]([C@@H]5N=N[C@H]45)[C@H]32)cc1. The Morgan fingerprint density at radius 1 is 0.947 bits per heavy atom. The summed E-state index contributed by atoms with van der Waals surface area (Å²) in [5.74, 6) is 1.22. The molecule has 2 fully saturated rings. The van der Waals surface area contributed by atoms with Crippen LogP contribution in [-0.4, -0.2) is 29.2 Å². The zero-order valence-electron chi connectivity index (χ0n) is 10.5. The Morgan fingerprint density at radius 3 is 2.53 bits per heavy atom. The van der Waals surface area contributed by atoms with Crippen LogP contribution in [-0.2, 0) is 6.54 Å². The van der Waals surface area contributed by atoms with Crippen molar-refractivity contribution in [3.05, 3.63) is 35.9 Å². The molecule has 5 heteroatoms. The van der Waals surface area contributed by atoms with Gasteiger partial charge in [-0.05, 0) is 12.0 Å². The summed E-state index contributed by atoms with van der Waals surface area (Å²) < 4.78 is 0. The Kier molecular flexibility index (Phi) is 1.80. The van der Waals surface area contributed by atoms with Crippen LogP contribution in [0.3, 0.4) is 0 Å². The predicted molar refractivity (Wildman–Crippen MR) is 68.4 cm³/mol. The van der Waals surface area contributed by atoms with Gasteiger partial charge in [-0.2, -0.15) is 15.3 Å². The fourth-order valence-corrected chi connectivity index (χ4v) is 4.33. The molecule has 0 saturated heterocycles. The molecule has 0 amide bonds. The molecule has 1 aromatic rings. The van der Waals surface area contributed by atoms with Crippen molar-refractivity contribution in [2.45, 2.75) is 37.1 Å². The lowest BCUT2D eigenvalue weighted by Crippen LogP contribution is -2.51. The molecule has 2 aliphatic heterocycles. The monoisotopic (exact) mass is 253 g/mol. The fraction of sp³-hybridized carbons (Fsp3) is 0.571. The average molecular weight is 253 g/mol. The van der Waals surface area contributed by atoms with E-state index < -0.39 is 0 Å². The lowest BCUT2D eigenvalue weighted by atomic mass is 9.82. The lowest BCUT2D eigenvalue weighted by molar-refractivity contribution is 0.124. The van der Waals surface area contributed by atoms with E-state index in [0.717, 1.165) is 6.54 Å². The minimum atomic E-state index is 0.370. The Hall–Kier alpha value is -1.78. The number of rotatable bonds is 2. The molecule has 5 nitrogen and oxygen atoms in total. The topological polar surface area (TPSA) is 52.7 Å². The molecule has 4 aliphatic rings. The second-order valence-corrected chi connectivity index (χ2v) is 6.04. The quantitative estimate of drug-likeness (QED) is 0.798. The highest BCUT2D eigenvalue weighted by Crippen LogP contribution is 2.56. The molecule has 96 valence electrons. The highest BCUT2D eigenvalue weighted by atomic mass is 15.6. The molecular weight excluding hydrogens is 238 g/mol. The van der Waals surface area contributed by atoms with Crippen molar-refractivity contribution < 1.29 is 0 Å². The molecule has 19 heavy (non-hydrogen) atoms. The van der Waals surface area contributed by atoms with E-state index in [1.165, 1.54) is 12.0 Å². The van der Waals surface area contributed by atoms with Crippen LogP contribution in [0.15, 0.2) is 50.9 Å². The van der Waals surface area contributed by atoms with Crippen LogP contribution in [0.25, 0.3) is 0 Å². The van der Waals surface area contributed by atoms with Crippen molar-refractivity contribution in [3.63, 3.8) is 0 Å². The molecule has 5 rings (SSSR count). The Morgan fingerprint density at radius 2 is 1.74 bits per heavy atom. The van der Waals surface area contributed by atoms with Crippen LogP contribution in [0.1, 0.15) is 12.0 Å². The number of fused-ring (bicyclic) bond motifs is 8. The van der Waals surface area contributed by atoms with Crippen LogP contribution in [0.4, 0.5) is 0 Å². The zero-order chi connectivity index (χ0) is 12.4. The summed E-state index contributed by atoms with van der Waals surface area (Å²) in [5, 5.41) is 19.8. The first-order valence-electron chi connectivity index (χ1n) is 7.03. The second-order valence-electron chi connectivity index (χ2n) is 6.04. The first kappa shape index (κ1) is 10.1. The molecule has 2 bridgehead atoms. The van der Waals surface area contributed by atoms with Crippen LogP contribution in [0, 0.1) is 11.8 Å². The molecule has 0 radical (unpaired) electrons. The van der Waals surface area contributed by atoms with Gasteiger partial charge in [0.15, 0.2) is 0 Å². The predicted octanol–water partition coefficient (Wildman–Crippen LogP) is 2.46. The van der Waals surface area contributed by atoms with Gasteiger partial charge in [0.1, 0.15) is 18.1 Å². The van der Waals surface area contributed by atoms with E-state index in [9.17, 15) is 0 Å². The molecule has 2 aliphatic carbocycles. The van der Waals surface area contributed by atoms with Crippen molar-refractivity contribution in [3.8, 4) is 0 Å². The van der Waals surface area contributed by atoms with E-state index in [1.54, 1.807) is 0 Å². The normalized spacial score (nSPS) is 44.3. The summed E-state index contributed by atoms with van der Waals surface area (Å²) >= 11 is 0. The molecule has 2 heterocycles. The van der Waals surface area contributed by atoms with E-state index in [1.807, 2.05) is 0 Å². The van der Waals surface area contributed by atoms with E-state index in [-0.39, 0.29) is 0 Å². The molecule has 2 saturated carbocycles. The minimum absolute atomic E-state index is 0.370. The van der Waals surface area contributed by atoms with Crippen molar-refractivity contribution in [1.29, 1.82) is 0 Å². The minimum Gasteiger partial charge on any atom is -0.269 e. The van der Waals surface area contributed by atoms with Gasteiger partial charge in [-0.25, -0.2) is 0 Å². The number of benzene rings is 1. The van der Waals surface area contributed by atoms with Gasteiger partial charge in [-0.1, -0.05) is 35.6 Å². The van der Waals surface area contributed by atoms with Crippen molar-refractivity contribution in [1.82, 2.24) is 5.01 Å². The summed E-state index contributed by atoms with van der Waals surface area (Å²) in [7, 11) is 0. The molecule has 6 atom stereocenters. The smallest absolute Gasteiger partial charge is 0.100 e. The summed E-state index contributed by atoms with van der Waals surface area (Å²) in [6.07, 6.45) is 1.24. The van der Waals surface area contributed by atoms with Crippen molar-refractivity contribution in [2.75, 3.05) is 0 Å². The van der Waals surface area contributed by atoms with E-state index in [4.69, 9.17) is 0 Å². The largest absolute Gasteiger partial charge is 0.269 e. The van der Waals surface area contributed by atoms with Crippen LogP contribution >= 0.6 is 0 Å². The van der Waals surface area contributed by atoms with Crippen molar-refractivity contribution >= 4 is 0 Å². The first-order chi connectivity index (χ1) is 9.42.